The lowest BCUT2D eigenvalue weighted by Crippen LogP contribution is -2.31. The molecule has 0 aromatic carbocycles. The van der Waals surface area contributed by atoms with E-state index in [9.17, 15) is 0 Å². The van der Waals surface area contributed by atoms with Crippen molar-refractivity contribution in [3.05, 3.63) is 6.33 Å². The van der Waals surface area contributed by atoms with Crippen LogP contribution in [-0.2, 0) is 11.3 Å². The van der Waals surface area contributed by atoms with Gasteiger partial charge in [0.25, 0.3) is 0 Å². The lowest BCUT2D eigenvalue weighted by atomic mass is 9.82. The van der Waals surface area contributed by atoms with E-state index in [-0.39, 0.29) is 5.41 Å². The molecular weight excluding hydrogens is 180 g/mol. The van der Waals surface area contributed by atoms with Gasteiger partial charge in [-0.25, -0.2) is 4.98 Å². The van der Waals surface area contributed by atoms with Crippen LogP contribution in [0.4, 0.5) is 5.95 Å². The average Bonchev–Trinajstić information content (AvgIpc) is 2.51. The van der Waals surface area contributed by atoms with Crippen LogP contribution in [0, 0.1) is 5.41 Å². The molecule has 0 spiro atoms. The van der Waals surface area contributed by atoms with Gasteiger partial charge < -0.3 is 10.5 Å². The number of aromatic nitrogens is 3. The van der Waals surface area contributed by atoms with Crippen molar-refractivity contribution < 1.29 is 4.74 Å². The standard InChI is InChI=1S/C9H16N4O/c1-9(2-4-14-5-3-9)6-13-7-11-8(10)12-13/h7H,2-6H2,1H3,(H2,10,12). The van der Waals surface area contributed by atoms with Crippen molar-refractivity contribution in [1.82, 2.24) is 14.8 Å². The molecule has 0 saturated carbocycles. The summed E-state index contributed by atoms with van der Waals surface area (Å²) in [5, 5.41) is 4.09. The lowest BCUT2D eigenvalue weighted by Gasteiger charge is -2.33. The van der Waals surface area contributed by atoms with Gasteiger partial charge in [0, 0.05) is 19.8 Å². The van der Waals surface area contributed by atoms with Gasteiger partial charge in [-0.05, 0) is 18.3 Å². The summed E-state index contributed by atoms with van der Waals surface area (Å²) in [6.45, 7) is 4.83. The van der Waals surface area contributed by atoms with Gasteiger partial charge in [-0.3, -0.25) is 4.68 Å². The van der Waals surface area contributed by atoms with Gasteiger partial charge in [0.2, 0.25) is 5.95 Å². The van der Waals surface area contributed by atoms with Gasteiger partial charge in [0.1, 0.15) is 6.33 Å². The minimum atomic E-state index is 0.276. The first-order valence-electron chi connectivity index (χ1n) is 4.91. The van der Waals surface area contributed by atoms with Crippen molar-refractivity contribution in [2.45, 2.75) is 26.3 Å². The Morgan fingerprint density at radius 3 is 2.86 bits per heavy atom. The lowest BCUT2D eigenvalue weighted by molar-refractivity contribution is 0.0138. The highest BCUT2D eigenvalue weighted by Crippen LogP contribution is 2.31. The number of nitrogens with two attached hydrogens (primary N) is 1. The molecule has 78 valence electrons. The van der Waals surface area contributed by atoms with Gasteiger partial charge in [-0.1, -0.05) is 6.92 Å². The molecule has 1 aromatic heterocycles. The van der Waals surface area contributed by atoms with Crippen molar-refractivity contribution >= 4 is 5.95 Å². The highest BCUT2D eigenvalue weighted by atomic mass is 16.5. The largest absolute Gasteiger partial charge is 0.381 e. The Balaban J connectivity index is 2.01. The highest BCUT2D eigenvalue weighted by molar-refractivity contribution is 5.09. The zero-order chi connectivity index (χ0) is 10.0. The molecule has 1 saturated heterocycles. The van der Waals surface area contributed by atoms with Crippen molar-refractivity contribution in [3.63, 3.8) is 0 Å². The number of ether oxygens (including phenoxy) is 1. The van der Waals surface area contributed by atoms with Crippen LogP contribution in [0.25, 0.3) is 0 Å². The number of hydrogen-bond donors (Lipinski definition) is 1. The summed E-state index contributed by atoms with van der Waals surface area (Å²) in [7, 11) is 0. The van der Waals surface area contributed by atoms with Gasteiger partial charge in [0.05, 0.1) is 0 Å². The van der Waals surface area contributed by atoms with Crippen molar-refractivity contribution in [1.29, 1.82) is 0 Å². The maximum atomic E-state index is 5.46. The molecule has 2 N–H and O–H groups in total. The predicted octanol–water partition coefficient (Wildman–Crippen LogP) is 0.677. The second-order valence-corrected chi connectivity index (χ2v) is 4.22. The third-order valence-electron chi connectivity index (χ3n) is 2.80. The summed E-state index contributed by atoms with van der Waals surface area (Å²) in [5.74, 6) is 0.348. The normalized spacial score (nSPS) is 20.9. The van der Waals surface area contributed by atoms with E-state index >= 15 is 0 Å². The molecule has 0 aliphatic carbocycles. The molecule has 1 aromatic rings. The molecule has 0 atom stereocenters. The van der Waals surface area contributed by atoms with Gasteiger partial charge in [-0.2, -0.15) is 0 Å². The number of nitrogens with zero attached hydrogens (tertiary/aromatic N) is 3. The van der Waals surface area contributed by atoms with Crippen LogP contribution in [0.3, 0.4) is 0 Å². The summed E-state index contributed by atoms with van der Waals surface area (Å²) in [6.07, 6.45) is 3.84. The van der Waals surface area contributed by atoms with E-state index in [1.807, 2.05) is 4.68 Å². The molecule has 2 heterocycles. The fraction of sp³-hybridized carbons (Fsp3) is 0.778. The molecule has 2 rings (SSSR count). The quantitative estimate of drug-likeness (QED) is 0.755. The van der Waals surface area contributed by atoms with E-state index in [0.29, 0.717) is 5.95 Å². The smallest absolute Gasteiger partial charge is 0.239 e. The molecule has 14 heavy (non-hydrogen) atoms. The fourth-order valence-electron chi connectivity index (χ4n) is 1.80. The van der Waals surface area contributed by atoms with Crippen LogP contribution in [0.5, 0.6) is 0 Å². The average molecular weight is 196 g/mol. The number of nitrogen functional groups attached to an aromatic ring is 1. The van der Waals surface area contributed by atoms with Crippen LogP contribution >= 0.6 is 0 Å². The molecule has 0 bridgehead atoms. The molecular formula is C9H16N4O. The maximum absolute atomic E-state index is 5.46. The van der Waals surface area contributed by atoms with Crippen LogP contribution < -0.4 is 5.73 Å². The van der Waals surface area contributed by atoms with E-state index in [0.717, 1.165) is 32.6 Å². The van der Waals surface area contributed by atoms with E-state index < -0.39 is 0 Å². The van der Waals surface area contributed by atoms with E-state index in [2.05, 4.69) is 17.0 Å². The van der Waals surface area contributed by atoms with Crippen molar-refractivity contribution in [2.24, 2.45) is 5.41 Å². The van der Waals surface area contributed by atoms with E-state index in [4.69, 9.17) is 10.5 Å². The zero-order valence-electron chi connectivity index (χ0n) is 8.44. The molecule has 5 heteroatoms. The molecule has 0 unspecified atom stereocenters. The molecule has 1 fully saturated rings. The third-order valence-corrected chi connectivity index (χ3v) is 2.80. The number of hydrogen-bond acceptors (Lipinski definition) is 4. The van der Waals surface area contributed by atoms with Gasteiger partial charge in [-0.15, -0.1) is 5.10 Å². The van der Waals surface area contributed by atoms with Crippen LogP contribution in [-0.4, -0.2) is 28.0 Å². The molecule has 0 amide bonds. The Hall–Kier alpha value is -1.10. The van der Waals surface area contributed by atoms with Crippen LogP contribution in [0.1, 0.15) is 19.8 Å². The van der Waals surface area contributed by atoms with Crippen LogP contribution in [0.2, 0.25) is 0 Å². The number of anilines is 1. The summed E-state index contributed by atoms with van der Waals surface area (Å²) in [5.41, 5.74) is 5.74. The minimum absolute atomic E-state index is 0.276. The van der Waals surface area contributed by atoms with Crippen LogP contribution in [0.15, 0.2) is 6.33 Å². The first-order chi connectivity index (χ1) is 6.68. The van der Waals surface area contributed by atoms with Gasteiger partial charge >= 0.3 is 0 Å². The Bertz CT molecular complexity index is 304. The second kappa shape index (κ2) is 3.57. The second-order valence-electron chi connectivity index (χ2n) is 4.22. The minimum Gasteiger partial charge on any atom is -0.381 e. The Labute approximate surface area is 83.3 Å². The summed E-state index contributed by atoms with van der Waals surface area (Å²) in [4.78, 5) is 3.91. The van der Waals surface area contributed by atoms with E-state index in [1.165, 1.54) is 0 Å². The van der Waals surface area contributed by atoms with Crippen molar-refractivity contribution in [2.75, 3.05) is 18.9 Å². The molecule has 0 radical (unpaired) electrons. The summed E-state index contributed by atoms with van der Waals surface area (Å²) in [6, 6.07) is 0. The molecule has 1 aliphatic rings. The third kappa shape index (κ3) is 2.04. The maximum Gasteiger partial charge on any atom is 0.239 e. The topological polar surface area (TPSA) is 66.0 Å². The van der Waals surface area contributed by atoms with Gasteiger partial charge in [0.15, 0.2) is 0 Å². The molecule has 1 aliphatic heterocycles. The predicted molar refractivity (Wildman–Crippen MR) is 52.6 cm³/mol. The summed E-state index contributed by atoms with van der Waals surface area (Å²) < 4.78 is 7.16. The zero-order valence-corrected chi connectivity index (χ0v) is 8.44. The monoisotopic (exact) mass is 196 g/mol. The SMILES string of the molecule is CC1(Cn2cnc(N)n2)CCOCC1. The van der Waals surface area contributed by atoms with E-state index in [1.54, 1.807) is 6.33 Å². The first-order valence-corrected chi connectivity index (χ1v) is 4.91. The first kappa shape index (κ1) is 9.45. The summed E-state index contributed by atoms with van der Waals surface area (Å²) >= 11 is 0. The highest BCUT2D eigenvalue weighted by Gasteiger charge is 2.28. The Kier molecular flexibility index (Phi) is 2.41. The Morgan fingerprint density at radius 2 is 2.29 bits per heavy atom. The van der Waals surface area contributed by atoms with Crippen molar-refractivity contribution in [3.8, 4) is 0 Å². The fourth-order valence-corrected chi connectivity index (χ4v) is 1.80. The Morgan fingerprint density at radius 1 is 1.57 bits per heavy atom. The molecule has 5 nitrogen and oxygen atoms in total. The number of rotatable bonds is 2.